The number of carbonyl (C=O) groups is 2. The molecule has 164 valence electrons. The topological polar surface area (TPSA) is 105 Å². The summed E-state index contributed by atoms with van der Waals surface area (Å²) in [5, 5.41) is 6.10. The molecule has 1 aromatic carbocycles. The molecule has 2 amide bonds. The van der Waals surface area contributed by atoms with Crippen molar-refractivity contribution in [2.45, 2.75) is 43.6 Å². The van der Waals surface area contributed by atoms with Crippen LogP contribution in [-0.2, 0) is 17.3 Å². The van der Waals surface area contributed by atoms with Gasteiger partial charge >= 0.3 is 0 Å². The third kappa shape index (κ3) is 2.73. The highest BCUT2D eigenvalue weighted by atomic mass is 16.2. The Bertz CT molecular complexity index is 1240. The maximum absolute atomic E-state index is 12.9. The Morgan fingerprint density at radius 3 is 2.72 bits per heavy atom. The van der Waals surface area contributed by atoms with Crippen LogP contribution < -0.4 is 15.5 Å². The molecule has 3 aliphatic rings. The highest BCUT2D eigenvalue weighted by Gasteiger charge is 2.48. The first-order valence-corrected chi connectivity index (χ1v) is 11.2. The lowest BCUT2D eigenvalue weighted by molar-refractivity contribution is -0.121. The Labute approximate surface area is 185 Å². The minimum atomic E-state index is -0.489. The number of nitrogens with zero attached hydrogens (tertiary/aromatic N) is 5. The highest BCUT2D eigenvalue weighted by molar-refractivity contribution is 6.06. The van der Waals surface area contributed by atoms with Crippen molar-refractivity contribution in [1.82, 2.24) is 24.8 Å². The van der Waals surface area contributed by atoms with Crippen LogP contribution in [0.3, 0.4) is 0 Å². The number of fused-ring (bicyclic) bond motifs is 3. The van der Waals surface area contributed by atoms with Crippen LogP contribution in [0.15, 0.2) is 30.6 Å². The van der Waals surface area contributed by atoms with Crippen LogP contribution >= 0.6 is 0 Å². The van der Waals surface area contributed by atoms with Crippen LogP contribution in [0.2, 0.25) is 0 Å². The van der Waals surface area contributed by atoms with Crippen molar-refractivity contribution in [3.8, 4) is 0 Å². The van der Waals surface area contributed by atoms with Crippen molar-refractivity contribution in [3.63, 3.8) is 0 Å². The fourth-order valence-corrected chi connectivity index (χ4v) is 5.19. The van der Waals surface area contributed by atoms with Gasteiger partial charge in [-0.2, -0.15) is 0 Å². The number of anilines is 2. The van der Waals surface area contributed by atoms with E-state index >= 15 is 0 Å². The lowest BCUT2D eigenvalue weighted by Crippen LogP contribution is -2.46. The molecule has 1 spiro atoms. The number of piperidine rings is 1. The van der Waals surface area contributed by atoms with Crippen LogP contribution in [0.5, 0.6) is 0 Å². The largest absolute Gasteiger partial charge is 0.355 e. The van der Waals surface area contributed by atoms with E-state index in [-0.39, 0.29) is 17.9 Å². The first kappa shape index (κ1) is 19.2. The van der Waals surface area contributed by atoms with Gasteiger partial charge in [0, 0.05) is 31.9 Å². The number of benzene rings is 1. The summed E-state index contributed by atoms with van der Waals surface area (Å²) in [6.07, 6.45) is 6.11. The monoisotopic (exact) mass is 431 g/mol. The van der Waals surface area contributed by atoms with E-state index in [1.807, 2.05) is 25.2 Å². The van der Waals surface area contributed by atoms with E-state index in [1.165, 1.54) is 6.33 Å². The quantitative estimate of drug-likeness (QED) is 0.658. The summed E-state index contributed by atoms with van der Waals surface area (Å²) in [5.41, 5.74) is 2.78. The van der Waals surface area contributed by atoms with E-state index in [9.17, 15) is 9.59 Å². The van der Waals surface area contributed by atoms with Crippen molar-refractivity contribution in [2.24, 2.45) is 7.05 Å². The molecule has 2 aromatic heterocycles. The molecule has 2 fully saturated rings. The van der Waals surface area contributed by atoms with E-state index in [4.69, 9.17) is 0 Å². The van der Waals surface area contributed by atoms with Gasteiger partial charge < -0.3 is 20.1 Å². The molecule has 2 N–H and O–H groups in total. The number of rotatable bonds is 3. The molecule has 4 heterocycles. The van der Waals surface area contributed by atoms with E-state index in [0.717, 1.165) is 36.3 Å². The third-order valence-corrected chi connectivity index (χ3v) is 7.32. The van der Waals surface area contributed by atoms with E-state index in [2.05, 4.69) is 36.6 Å². The number of aromatic nitrogens is 4. The molecule has 0 bridgehead atoms. The third-order valence-electron chi connectivity index (χ3n) is 7.32. The summed E-state index contributed by atoms with van der Waals surface area (Å²) in [5.74, 6) is 0.984. The van der Waals surface area contributed by atoms with Crippen molar-refractivity contribution < 1.29 is 9.59 Å². The summed E-state index contributed by atoms with van der Waals surface area (Å²) >= 11 is 0. The number of carbonyl (C=O) groups excluding carboxylic acids is 2. The first-order valence-electron chi connectivity index (χ1n) is 11.2. The zero-order chi connectivity index (χ0) is 21.9. The minimum Gasteiger partial charge on any atom is -0.355 e. The lowest BCUT2D eigenvalue weighted by Gasteiger charge is -2.38. The molecule has 1 aliphatic carbocycles. The molecule has 1 saturated carbocycles. The molecule has 3 aromatic rings. The van der Waals surface area contributed by atoms with Crippen molar-refractivity contribution in [2.75, 3.05) is 23.3 Å². The van der Waals surface area contributed by atoms with Gasteiger partial charge in [-0.25, -0.2) is 15.0 Å². The average Bonchev–Trinajstić information content (AvgIpc) is 3.26. The SMILES string of the molecule is Cn1c(C(=O)NC2CCC2)nc2c(N3CCC4(CC3)C(=O)Nc3ccccc34)ncnc21. The fraction of sp³-hybridized carbons (Fsp3) is 0.435. The van der Waals surface area contributed by atoms with Gasteiger partial charge in [0.15, 0.2) is 17.0 Å². The number of nitrogens with one attached hydrogen (secondary N) is 2. The molecule has 0 radical (unpaired) electrons. The Hall–Kier alpha value is -3.49. The van der Waals surface area contributed by atoms with Gasteiger partial charge in [0.25, 0.3) is 5.91 Å². The van der Waals surface area contributed by atoms with E-state index < -0.39 is 5.41 Å². The number of aryl methyl sites for hydroxylation is 1. The molecule has 6 rings (SSSR count). The molecular weight excluding hydrogens is 406 g/mol. The zero-order valence-electron chi connectivity index (χ0n) is 18.0. The molecule has 32 heavy (non-hydrogen) atoms. The second kappa shape index (κ2) is 7.01. The number of hydrogen-bond donors (Lipinski definition) is 2. The molecule has 2 aliphatic heterocycles. The van der Waals surface area contributed by atoms with Gasteiger partial charge in [-0.1, -0.05) is 18.2 Å². The number of hydrogen-bond acceptors (Lipinski definition) is 6. The van der Waals surface area contributed by atoms with Crippen LogP contribution in [0.1, 0.15) is 48.3 Å². The number of imidazole rings is 1. The van der Waals surface area contributed by atoms with Gasteiger partial charge in [0.1, 0.15) is 6.33 Å². The predicted octanol–water partition coefficient (Wildman–Crippen LogP) is 2.14. The van der Waals surface area contributed by atoms with E-state index in [0.29, 0.717) is 42.9 Å². The van der Waals surface area contributed by atoms with Crippen LogP contribution in [0, 0.1) is 0 Å². The second-order valence-electron chi connectivity index (χ2n) is 9.03. The Morgan fingerprint density at radius 2 is 1.97 bits per heavy atom. The molecule has 0 unspecified atom stereocenters. The predicted molar refractivity (Wildman–Crippen MR) is 120 cm³/mol. The van der Waals surface area contributed by atoms with Crippen LogP contribution in [0.4, 0.5) is 11.5 Å². The van der Waals surface area contributed by atoms with Gasteiger partial charge in [-0.05, 0) is 43.7 Å². The van der Waals surface area contributed by atoms with Crippen molar-refractivity contribution in [1.29, 1.82) is 0 Å². The first-order chi connectivity index (χ1) is 15.6. The van der Waals surface area contributed by atoms with Crippen molar-refractivity contribution in [3.05, 3.63) is 42.0 Å². The molecular formula is C23H25N7O2. The molecule has 1 saturated heterocycles. The molecule has 0 atom stereocenters. The Morgan fingerprint density at radius 1 is 1.19 bits per heavy atom. The van der Waals surface area contributed by atoms with Crippen LogP contribution in [-0.4, -0.2) is 50.5 Å². The van der Waals surface area contributed by atoms with Gasteiger partial charge in [-0.15, -0.1) is 0 Å². The zero-order valence-corrected chi connectivity index (χ0v) is 18.0. The summed E-state index contributed by atoms with van der Waals surface area (Å²) < 4.78 is 1.74. The summed E-state index contributed by atoms with van der Waals surface area (Å²) in [4.78, 5) is 41.3. The fourth-order valence-electron chi connectivity index (χ4n) is 5.19. The van der Waals surface area contributed by atoms with Crippen molar-refractivity contribution >= 4 is 34.5 Å². The maximum atomic E-state index is 12.9. The summed E-state index contributed by atoms with van der Waals surface area (Å²) in [6.45, 7) is 1.35. The summed E-state index contributed by atoms with van der Waals surface area (Å²) in [7, 11) is 1.81. The lowest BCUT2D eigenvalue weighted by atomic mass is 9.73. The smallest absolute Gasteiger partial charge is 0.287 e. The standard InChI is InChI=1S/C23H25N7O2/c1-29-18-17(28-20(29)21(31)26-14-5-4-6-14)19(25-13-24-18)30-11-9-23(10-12-30)15-7-2-3-8-16(15)27-22(23)32/h2-3,7-8,13-14H,4-6,9-12H2,1H3,(H,26,31)(H,27,32). The maximum Gasteiger partial charge on any atom is 0.287 e. The Balaban J connectivity index is 1.29. The average molecular weight is 432 g/mol. The van der Waals surface area contributed by atoms with Gasteiger partial charge in [0.05, 0.1) is 5.41 Å². The Kier molecular flexibility index (Phi) is 4.21. The normalized spacial score (nSPS) is 19.7. The second-order valence-corrected chi connectivity index (χ2v) is 9.03. The number of amides is 2. The molecule has 9 nitrogen and oxygen atoms in total. The van der Waals surface area contributed by atoms with Crippen LogP contribution in [0.25, 0.3) is 11.2 Å². The number of para-hydroxylation sites is 1. The minimum absolute atomic E-state index is 0.0824. The molecule has 9 heteroatoms. The van der Waals surface area contributed by atoms with Gasteiger partial charge in [-0.3, -0.25) is 9.59 Å². The summed E-state index contributed by atoms with van der Waals surface area (Å²) in [6, 6.07) is 8.20. The highest BCUT2D eigenvalue weighted by Crippen LogP contribution is 2.45. The van der Waals surface area contributed by atoms with E-state index in [1.54, 1.807) is 4.57 Å². The van der Waals surface area contributed by atoms with Gasteiger partial charge in [0.2, 0.25) is 11.7 Å².